The molecule has 8 nitrogen and oxygen atoms in total. The first-order chi connectivity index (χ1) is 20.0. The van der Waals surface area contributed by atoms with Crippen LogP contribution in [-0.4, -0.2) is 55.0 Å². The van der Waals surface area contributed by atoms with Gasteiger partial charge in [-0.05, 0) is 50.5 Å². The van der Waals surface area contributed by atoms with Gasteiger partial charge in [-0.3, -0.25) is 14.4 Å². The Balaban J connectivity index is 1.64. The highest BCUT2D eigenvalue weighted by molar-refractivity contribution is 6.30. The van der Waals surface area contributed by atoms with Gasteiger partial charge in [-0.25, -0.2) is 0 Å². The number of halogens is 7. The van der Waals surface area contributed by atoms with Crippen molar-refractivity contribution in [1.29, 1.82) is 0 Å². The second-order valence-corrected chi connectivity index (χ2v) is 11.0. The van der Waals surface area contributed by atoms with E-state index in [0.29, 0.717) is 10.7 Å². The standard InChI is InChI=1S/C28H28ClF6N3O5/c1-15(2)38-20-9-8-17(29)13-22(20)42-14-19(24(38)40)36-23(39)18(37-25(41)26(10-5-11-26)27(30,31)32)12-16-6-3-4-7-21(16)43-28(33,34)35/h3-4,6-9,13,15,18-19H,5,10-12,14H2,1-2H3,(H,36,39)(H,37,41)/t18-,19-/m1/s1. The summed E-state index contributed by atoms with van der Waals surface area (Å²) in [5.41, 5.74) is -2.60. The summed E-state index contributed by atoms with van der Waals surface area (Å²) in [5.74, 6) is -3.69. The minimum Gasteiger partial charge on any atom is -0.489 e. The summed E-state index contributed by atoms with van der Waals surface area (Å²) in [6, 6.07) is 5.66. The van der Waals surface area contributed by atoms with Gasteiger partial charge in [-0.15, -0.1) is 13.2 Å². The van der Waals surface area contributed by atoms with Gasteiger partial charge >= 0.3 is 12.5 Å². The monoisotopic (exact) mass is 635 g/mol. The number of alkyl halides is 6. The molecule has 1 aliphatic carbocycles. The smallest absolute Gasteiger partial charge is 0.489 e. The molecule has 1 heterocycles. The van der Waals surface area contributed by atoms with Crippen LogP contribution in [0, 0.1) is 5.41 Å². The number of hydrogen-bond donors (Lipinski definition) is 2. The Morgan fingerprint density at radius 2 is 1.79 bits per heavy atom. The molecule has 0 unspecified atom stereocenters. The fourth-order valence-corrected chi connectivity index (χ4v) is 5.20. The maximum Gasteiger partial charge on any atom is 0.573 e. The number of carbonyl (C=O) groups is 3. The Morgan fingerprint density at radius 1 is 1.12 bits per heavy atom. The summed E-state index contributed by atoms with van der Waals surface area (Å²) >= 11 is 6.07. The summed E-state index contributed by atoms with van der Waals surface area (Å²) in [6.45, 7) is 3.01. The molecule has 0 spiro atoms. The van der Waals surface area contributed by atoms with E-state index in [1.807, 2.05) is 0 Å². The van der Waals surface area contributed by atoms with E-state index in [1.165, 1.54) is 35.2 Å². The van der Waals surface area contributed by atoms with E-state index in [2.05, 4.69) is 15.4 Å². The third-order valence-corrected chi connectivity index (χ3v) is 7.62. The first-order valence-corrected chi connectivity index (χ1v) is 13.7. The number of benzene rings is 2. The Bertz CT molecular complexity index is 1380. The fourth-order valence-electron chi connectivity index (χ4n) is 5.03. The van der Waals surface area contributed by atoms with E-state index in [0.717, 1.165) is 6.07 Å². The third kappa shape index (κ3) is 6.94. The largest absolute Gasteiger partial charge is 0.573 e. The SMILES string of the molecule is CC(C)N1C(=O)[C@H](NC(=O)[C@@H](Cc2ccccc2OC(F)(F)F)NC(=O)C2(C(F)(F)F)CCC2)COc2cc(Cl)ccc21. The molecule has 4 rings (SSSR count). The molecule has 2 N–H and O–H groups in total. The van der Waals surface area contributed by atoms with Gasteiger partial charge in [0.25, 0.3) is 5.91 Å². The third-order valence-electron chi connectivity index (χ3n) is 7.38. The summed E-state index contributed by atoms with van der Waals surface area (Å²) < 4.78 is 90.6. The van der Waals surface area contributed by atoms with Crippen LogP contribution in [0.15, 0.2) is 42.5 Å². The van der Waals surface area contributed by atoms with Crippen LogP contribution in [0.2, 0.25) is 5.02 Å². The van der Waals surface area contributed by atoms with E-state index < -0.39 is 85.4 Å². The van der Waals surface area contributed by atoms with Crippen molar-refractivity contribution in [3.05, 3.63) is 53.1 Å². The van der Waals surface area contributed by atoms with E-state index in [9.17, 15) is 40.7 Å². The Hall–Kier alpha value is -3.68. The maximum absolute atomic E-state index is 13.9. The average Bonchev–Trinajstić information content (AvgIpc) is 2.98. The predicted octanol–water partition coefficient (Wildman–Crippen LogP) is 5.32. The second-order valence-electron chi connectivity index (χ2n) is 10.6. The normalized spacial score (nSPS) is 19.0. The van der Waals surface area contributed by atoms with Gasteiger partial charge in [0.15, 0.2) is 0 Å². The van der Waals surface area contributed by atoms with Crippen LogP contribution < -0.4 is 25.0 Å². The number of ether oxygens (including phenoxy) is 2. The van der Waals surface area contributed by atoms with Gasteiger partial charge in [0.1, 0.15) is 35.6 Å². The molecule has 43 heavy (non-hydrogen) atoms. The van der Waals surface area contributed by atoms with Gasteiger partial charge in [-0.1, -0.05) is 36.2 Å². The number of fused-ring (bicyclic) bond motifs is 1. The zero-order valence-corrected chi connectivity index (χ0v) is 23.7. The fraction of sp³-hybridized carbons (Fsp3) is 0.464. The molecular formula is C28H28ClF6N3O5. The molecule has 2 aliphatic rings. The highest BCUT2D eigenvalue weighted by Crippen LogP contribution is 2.53. The Kier molecular flexibility index (Phi) is 9.10. The van der Waals surface area contributed by atoms with Crippen LogP contribution in [0.25, 0.3) is 0 Å². The van der Waals surface area contributed by atoms with Crippen LogP contribution in [0.3, 0.4) is 0 Å². The Morgan fingerprint density at radius 3 is 2.37 bits per heavy atom. The molecule has 0 saturated heterocycles. The van der Waals surface area contributed by atoms with Crippen molar-refractivity contribution < 1.29 is 50.2 Å². The molecule has 0 radical (unpaired) electrons. The second kappa shape index (κ2) is 12.1. The van der Waals surface area contributed by atoms with Crippen LogP contribution in [0.5, 0.6) is 11.5 Å². The minimum absolute atomic E-state index is 0.121. The van der Waals surface area contributed by atoms with Gasteiger partial charge in [0, 0.05) is 23.6 Å². The van der Waals surface area contributed by atoms with Crippen LogP contribution >= 0.6 is 11.6 Å². The lowest BCUT2D eigenvalue weighted by molar-refractivity contribution is -0.275. The molecule has 2 aromatic rings. The minimum atomic E-state index is -5.11. The van der Waals surface area contributed by atoms with Crippen LogP contribution in [-0.2, 0) is 20.8 Å². The topological polar surface area (TPSA) is 97.0 Å². The predicted molar refractivity (Wildman–Crippen MR) is 143 cm³/mol. The summed E-state index contributed by atoms with van der Waals surface area (Å²) in [5, 5.41) is 4.82. The number of amides is 3. The summed E-state index contributed by atoms with van der Waals surface area (Å²) in [7, 11) is 0. The van der Waals surface area contributed by atoms with Gasteiger partial charge in [0.2, 0.25) is 11.8 Å². The number of nitrogens with one attached hydrogen (secondary N) is 2. The van der Waals surface area contributed by atoms with E-state index in [1.54, 1.807) is 19.9 Å². The van der Waals surface area contributed by atoms with Crippen molar-refractivity contribution in [1.82, 2.24) is 10.6 Å². The molecule has 1 fully saturated rings. The quantitative estimate of drug-likeness (QED) is 0.383. The molecule has 234 valence electrons. The highest BCUT2D eigenvalue weighted by atomic mass is 35.5. The van der Waals surface area contributed by atoms with Gasteiger partial charge < -0.3 is 25.0 Å². The number of hydrogen-bond acceptors (Lipinski definition) is 5. The van der Waals surface area contributed by atoms with Crippen molar-refractivity contribution in [2.45, 2.75) is 70.2 Å². The highest BCUT2D eigenvalue weighted by Gasteiger charge is 2.63. The number of anilines is 1. The molecular weight excluding hydrogens is 608 g/mol. The van der Waals surface area contributed by atoms with Crippen molar-refractivity contribution in [3.63, 3.8) is 0 Å². The van der Waals surface area contributed by atoms with E-state index >= 15 is 0 Å². The number of carbonyl (C=O) groups excluding carboxylic acids is 3. The van der Waals surface area contributed by atoms with Crippen LogP contribution in [0.4, 0.5) is 32.0 Å². The number of para-hydroxylation sites is 1. The lowest BCUT2D eigenvalue weighted by Crippen LogP contribution is -2.61. The molecule has 2 aromatic carbocycles. The van der Waals surface area contributed by atoms with Crippen molar-refractivity contribution >= 4 is 35.0 Å². The molecule has 15 heteroatoms. The summed E-state index contributed by atoms with van der Waals surface area (Å²) in [4.78, 5) is 41.5. The number of nitrogens with zero attached hydrogens (tertiary/aromatic N) is 1. The average molecular weight is 636 g/mol. The van der Waals surface area contributed by atoms with Gasteiger partial charge in [-0.2, -0.15) is 13.2 Å². The molecule has 0 bridgehead atoms. The van der Waals surface area contributed by atoms with Crippen molar-refractivity contribution in [3.8, 4) is 11.5 Å². The van der Waals surface area contributed by atoms with Gasteiger partial charge in [0.05, 0.1) is 5.69 Å². The van der Waals surface area contributed by atoms with Crippen molar-refractivity contribution in [2.75, 3.05) is 11.5 Å². The molecule has 3 amide bonds. The molecule has 1 aliphatic heterocycles. The van der Waals surface area contributed by atoms with E-state index in [-0.39, 0.29) is 17.7 Å². The zero-order chi connectivity index (χ0) is 31.7. The lowest BCUT2D eigenvalue weighted by Gasteiger charge is -2.42. The molecule has 0 aromatic heterocycles. The van der Waals surface area contributed by atoms with E-state index in [4.69, 9.17) is 16.3 Å². The summed E-state index contributed by atoms with van der Waals surface area (Å²) in [6.07, 6.45) is -11.6. The first-order valence-electron chi connectivity index (χ1n) is 13.3. The molecule has 2 atom stereocenters. The van der Waals surface area contributed by atoms with Crippen LogP contribution in [0.1, 0.15) is 38.7 Å². The Labute approximate surface area is 247 Å². The first kappa shape index (κ1) is 32.2. The number of rotatable bonds is 8. The van der Waals surface area contributed by atoms with Crippen molar-refractivity contribution in [2.24, 2.45) is 5.41 Å². The zero-order valence-electron chi connectivity index (χ0n) is 22.9. The maximum atomic E-state index is 13.9. The molecule has 1 saturated carbocycles. The lowest BCUT2D eigenvalue weighted by atomic mass is 9.67.